The zero-order valence-corrected chi connectivity index (χ0v) is 20.9. The van der Waals surface area contributed by atoms with E-state index in [1.54, 1.807) is 10.6 Å². The Labute approximate surface area is 211 Å². The second-order valence-electron chi connectivity index (χ2n) is 10.1. The van der Waals surface area contributed by atoms with Gasteiger partial charge in [0.1, 0.15) is 24.2 Å². The molecule has 4 aromatic rings. The van der Waals surface area contributed by atoms with Gasteiger partial charge in [-0.15, -0.1) is 0 Å². The molecule has 1 saturated heterocycles. The Morgan fingerprint density at radius 1 is 1.00 bits per heavy atom. The van der Waals surface area contributed by atoms with Gasteiger partial charge in [-0.25, -0.2) is 4.79 Å². The quantitative estimate of drug-likeness (QED) is 0.335. The molecule has 0 unspecified atom stereocenters. The minimum Gasteiger partial charge on any atom is -0.490 e. The lowest BCUT2D eigenvalue weighted by molar-refractivity contribution is 0.0599. The summed E-state index contributed by atoms with van der Waals surface area (Å²) in [5.74, 6) is 0.187. The maximum absolute atomic E-state index is 11.8. The first-order chi connectivity index (χ1) is 17.4. The molecule has 0 aliphatic carbocycles. The lowest BCUT2D eigenvalue weighted by Gasteiger charge is -2.33. The third-order valence-corrected chi connectivity index (χ3v) is 7.31. The maximum atomic E-state index is 11.8. The van der Waals surface area contributed by atoms with E-state index in [4.69, 9.17) is 4.74 Å². The number of rotatable bonds is 8. The number of aromatic carboxylic acids is 1. The molecule has 1 aromatic heterocycles. The van der Waals surface area contributed by atoms with Gasteiger partial charge in [-0.3, -0.25) is 0 Å². The van der Waals surface area contributed by atoms with E-state index in [9.17, 15) is 15.0 Å². The third-order valence-electron chi connectivity index (χ3n) is 7.31. The number of piperidine rings is 1. The Hall–Kier alpha value is -3.35. The highest BCUT2D eigenvalue weighted by Gasteiger charge is 2.23. The van der Waals surface area contributed by atoms with Crippen LogP contribution in [-0.4, -0.2) is 58.0 Å². The summed E-state index contributed by atoms with van der Waals surface area (Å²) in [7, 11) is 0. The second kappa shape index (κ2) is 10.3. The topological polar surface area (TPSA) is 74.9 Å². The van der Waals surface area contributed by atoms with Crippen LogP contribution < -0.4 is 4.74 Å². The van der Waals surface area contributed by atoms with Gasteiger partial charge in [-0.05, 0) is 80.2 Å². The summed E-state index contributed by atoms with van der Waals surface area (Å²) in [4.78, 5) is 14.1. The minimum absolute atomic E-state index is 0.00646. The summed E-state index contributed by atoms with van der Waals surface area (Å²) in [6, 6.07) is 22.6. The molecule has 2 N–H and O–H groups in total. The van der Waals surface area contributed by atoms with E-state index < -0.39 is 12.1 Å². The van der Waals surface area contributed by atoms with Crippen LogP contribution in [0.15, 0.2) is 66.7 Å². The Bertz CT molecular complexity index is 1370. The van der Waals surface area contributed by atoms with Crippen molar-refractivity contribution >= 4 is 27.6 Å². The molecule has 5 rings (SSSR count). The highest BCUT2D eigenvalue weighted by Crippen LogP contribution is 2.32. The van der Waals surface area contributed by atoms with Gasteiger partial charge in [0.25, 0.3) is 0 Å². The van der Waals surface area contributed by atoms with Crippen LogP contribution in [0.3, 0.4) is 0 Å². The Morgan fingerprint density at radius 3 is 2.47 bits per heavy atom. The van der Waals surface area contributed by atoms with Crippen LogP contribution in [0.4, 0.5) is 0 Å². The largest absolute Gasteiger partial charge is 0.490 e. The van der Waals surface area contributed by atoms with E-state index in [1.165, 1.54) is 16.3 Å². The van der Waals surface area contributed by atoms with E-state index >= 15 is 0 Å². The number of hydrogen-bond donors (Lipinski definition) is 2. The molecule has 6 nitrogen and oxygen atoms in total. The number of ether oxygens (including phenoxy) is 1. The van der Waals surface area contributed by atoms with E-state index in [-0.39, 0.29) is 18.3 Å². The number of likely N-dealkylation sites (tertiary alicyclic amines) is 1. The van der Waals surface area contributed by atoms with Gasteiger partial charge in [0, 0.05) is 18.0 Å². The fraction of sp³-hybridized carbons (Fsp3) is 0.367. The van der Waals surface area contributed by atoms with Crippen molar-refractivity contribution in [3.63, 3.8) is 0 Å². The van der Waals surface area contributed by atoms with Crippen molar-refractivity contribution in [2.45, 2.75) is 44.8 Å². The number of aromatic nitrogens is 1. The summed E-state index contributed by atoms with van der Waals surface area (Å²) in [6.45, 7) is 6.55. The molecule has 3 aromatic carbocycles. The number of fused-ring (bicyclic) bond motifs is 2. The molecule has 6 heteroatoms. The molecular weight excluding hydrogens is 452 g/mol. The number of β-amino-alcohol motifs (C(OH)–C–C–N with tert-alkyl or cyclic N) is 1. The molecule has 1 atom stereocenters. The number of carboxylic acid groups (broad SMARTS) is 1. The molecule has 188 valence electrons. The van der Waals surface area contributed by atoms with Crippen LogP contribution in [0.25, 0.3) is 21.7 Å². The molecular formula is C30H34N2O4. The van der Waals surface area contributed by atoms with E-state index in [0.717, 1.165) is 36.8 Å². The van der Waals surface area contributed by atoms with Gasteiger partial charge in [0.05, 0.1) is 5.52 Å². The zero-order chi connectivity index (χ0) is 25.2. The number of nitrogens with zero attached hydrogens (tertiary/aromatic N) is 2. The van der Waals surface area contributed by atoms with Gasteiger partial charge < -0.3 is 24.4 Å². The zero-order valence-electron chi connectivity index (χ0n) is 20.9. The van der Waals surface area contributed by atoms with Crippen LogP contribution >= 0.6 is 0 Å². The number of carbonyl (C=O) groups is 1. The van der Waals surface area contributed by atoms with Crippen molar-refractivity contribution in [3.05, 3.63) is 78.0 Å². The molecule has 0 saturated carbocycles. The average molecular weight is 487 g/mol. The first-order valence-corrected chi connectivity index (χ1v) is 12.8. The summed E-state index contributed by atoms with van der Waals surface area (Å²) in [6.07, 6.45) is 1.53. The normalized spacial score (nSPS) is 16.1. The monoisotopic (exact) mass is 486 g/mol. The molecule has 36 heavy (non-hydrogen) atoms. The Morgan fingerprint density at radius 2 is 1.75 bits per heavy atom. The van der Waals surface area contributed by atoms with Crippen molar-refractivity contribution in [1.29, 1.82) is 0 Å². The average Bonchev–Trinajstić information content (AvgIpc) is 3.29. The number of aliphatic hydroxyl groups is 1. The predicted molar refractivity (Wildman–Crippen MR) is 143 cm³/mol. The summed E-state index contributed by atoms with van der Waals surface area (Å²) >= 11 is 0. The highest BCUT2D eigenvalue weighted by atomic mass is 16.5. The van der Waals surface area contributed by atoms with Gasteiger partial charge >= 0.3 is 5.97 Å². The number of aliphatic hydroxyl groups excluding tert-OH is 1. The van der Waals surface area contributed by atoms with Gasteiger partial charge in [0.15, 0.2) is 0 Å². The molecule has 1 aliphatic heterocycles. The van der Waals surface area contributed by atoms with Crippen molar-refractivity contribution in [3.8, 4) is 5.75 Å². The lowest BCUT2D eigenvalue weighted by atomic mass is 9.88. The summed E-state index contributed by atoms with van der Waals surface area (Å²) < 4.78 is 7.81. The number of hydrogen-bond acceptors (Lipinski definition) is 4. The molecule has 1 fully saturated rings. The molecule has 0 bridgehead atoms. The third kappa shape index (κ3) is 4.97. The smallest absolute Gasteiger partial charge is 0.352 e. The Kier molecular flexibility index (Phi) is 6.99. The SMILES string of the molecule is CC(C)n1c(C(=O)O)cc2c(OC[C@@H](O)CN3CCC(c4ccc5ccccc5c4)CC3)cccc21. The van der Waals surface area contributed by atoms with E-state index in [0.29, 0.717) is 18.2 Å². The predicted octanol–water partition coefficient (Wildman–Crippen LogP) is 5.69. The van der Waals surface area contributed by atoms with E-state index in [1.807, 2.05) is 32.0 Å². The van der Waals surface area contributed by atoms with Crippen molar-refractivity contribution < 1.29 is 19.7 Å². The molecule has 0 spiro atoms. The first kappa shape index (κ1) is 24.3. The second-order valence-corrected chi connectivity index (χ2v) is 10.1. The van der Waals surface area contributed by atoms with Crippen LogP contribution in [0.2, 0.25) is 0 Å². The van der Waals surface area contributed by atoms with Crippen LogP contribution in [0.1, 0.15) is 54.7 Å². The molecule has 0 amide bonds. The van der Waals surface area contributed by atoms with Crippen LogP contribution in [0.5, 0.6) is 5.75 Å². The van der Waals surface area contributed by atoms with Crippen molar-refractivity contribution in [1.82, 2.24) is 9.47 Å². The fourth-order valence-electron chi connectivity index (χ4n) is 5.52. The van der Waals surface area contributed by atoms with Crippen LogP contribution in [-0.2, 0) is 0 Å². The van der Waals surface area contributed by atoms with Crippen molar-refractivity contribution in [2.75, 3.05) is 26.2 Å². The summed E-state index contributed by atoms with van der Waals surface area (Å²) in [5, 5.41) is 23.7. The maximum Gasteiger partial charge on any atom is 0.352 e. The molecule has 1 aliphatic rings. The summed E-state index contributed by atoms with van der Waals surface area (Å²) in [5.41, 5.74) is 2.47. The Balaban J connectivity index is 1.18. The lowest BCUT2D eigenvalue weighted by Crippen LogP contribution is -2.40. The van der Waals surface area contributed by atoms with Gasteiger partial charge in [-0.2, -0.15) is 0 Å². The minimum atomic E-state index is -0.960. The first-order valence-electron chi connectivity index (χ1n) is 12.8. The highest BCUT2D eigenvalue weighted by molar-refractivity contribution is 5.97. The fourth-order valence-corrected chi connectivity index (χ4v) is 5.52. The van der Waals surface area contributed by atoms with Gasteiger partial charge in [0.2, 0.25) is 0 Å². The molecule has 0 radical (unpaired) electrons. The van der Waals surface area contributed by atoms with E-state index in [2.05, 4.69) is 47.4 Å². The number of carboxylic acids is 1. The van der Waals surface area contributed by atoms with Gasteiger partial charge in [-0.1, -0.05) is 48.5 Å². The molecule has 2 heterocycles. The number of benzene rings is 3. The van der Waals surface area contributed by atoms with Crippen molar-refractivity contribution in [2.24, 2.45) is 0 Å². The van der Waals surface area contributed by atoms with Crippen LogP contribution in [0, 0.1) is 0 Å². The standard InChI is InChI=1S/C30H34N2O4/c1-20(2)32-27-8-5-9-29(26(27)17-28(32)30(34)35)36-19-25(33)18-31-14-12-22(13-15-31)24-11-10-21-6-3-4-7-23(21)16-24/h3-11,16-17,20,22,25,33H,12-15,18-19H2,1-2H3,(H,34,35)/t25-/m0/s1.